The maximum Gasteiger partial charge on any atom is 0.250 e. The molecule has 4 nitrogen and oxygen atoms in total. The van der Waals surface area contributed by atoms with E-state index < -0.39 is 10.0 Å². The highest BCUT2D eigenvalue weighted by atomic mass is 32.2. The van der Waals surface area contributed by atoms with Gasteiger partial charge in [0.1, 0.15) is 4.21 Å². The summed E-state index contributed by atoms with van der Waals surface area (Å²) < 4.78 is 27.1. The predicted molar refractivity (Wildman–Crippen MR) is 80.3 cm³/mol. The normalized spacial score (nSPS) is 11.8. The highest BCUT2D eigenvalue weighted by Gasteiger charge is 2.15. The molecule has 2 aromatic heterocycles. The third kappa shape index (κ3) is 4.12. The second-order valence-corrected chi connectivity index (χ2v) is 7.97. The zero-order chi connectivity index (χ0) is 13.7. The van der Waals surface area contributed by atoms with Crippen LogP contribution in [0.3, 0.4) is 0 Å². The van der Waals surface area contributed by atoms with Crippen molar-refractivity contribution in [3.8, 4) is 0 Å². The number of thiophene rings is 2. The van der Waals surface area contributed by atoms with Gasteiger partial charge in [0.05, 0.1) is 0 Å². The molecule has 2 N–H and O–H groups in total. The molecule has 0 bridgehead atoms. The molecular weight excluding hydrogens is 300 g/mol. The minimum atomic E-state index is -3.37. The fourth-order valence-electron chi connectivity index (χ4n) is 1.61. The van der Waals surface area contributed by atoms with Crippen LogP contribution in [0.1, 0.15) is 10.4 Å². The molecule has 0 saturated heterocycles. The van der Waals surface area contributed by atoms with Crippen molar-refractivity contribution in [2.24, 2.45) is 0 Å². The van der Waals surface area contributed by atoms with Gasteiger partial charge in [-0.25, -0.2) is 13.1 Å². The minimum Gasteiger partial charge on any atom is -0.315 e. The van der Waals surface area contributed by atoms with Crippen molar-refractivity contribution >= 4 is 32.7 Å². The van der Waals surface area contributed by atoms with Crippen LogP contribution in [-0.2, 0) is 23.0 Å². The van der Waals surface area contributed by atoms with Crippen LogP contribution in [0.4, 0.5) is 0 Å². The Balaban J connectivity index is 1.93. The van der Waals surface area contributed by atoms with Crippen LogP contribution in [0.5, 0.6) is 0 Å². The van der Waals surface area contributed by atoms with Gasteiger partial charge in [0.25, 0.3) is 0 Å². The average Bonchev–Trinajstić information content (AvgIpc) is 3.00. The second-order valence-electron chi connectivity index (χ2n) is 4.03. The number of hydrogen-bond donors (Lipinski definition) is 2. The molecule has 2 aromatic rings. The monoisotopic (exact) mass is 316 g/mol. The highest BCUT2D eigenvalue weighted by molar-refractivity contribution is 7.91. The molecule has 0 spiro atoms. The van der Waals surface area contributed by atoms with Crippen LogP contribution in [0, 0.1) is 0 Å². The van der Waals surface area contributed by atoms with Crippen LogP contribution in [0.25, 0.3) is 0 Å². The van der Waals surface area contributed by atoms with Gasteiger partial charge in [-0.1, -0.05) is 0 Å². The first-order chi connectivity index (χ1) is 9.12. The van der Waals surface area contributed by atoms with Crippen molar-refractivity contribution in [3.63, 3.8) is 0 Å². The van der Waals surface area contributed by atoms with E-state index in [1.807, 2.05) is 29.9 Å². The quantitative estimate of drug-likeness (QED) is 0.822. The average molecular weight is 316 g/mol. The first kappa shape index (κ1) is 14.7. The lowest BCUT2D eigenvalue weighted by Gasteiger charge is -2.03. The van der Waals surface area contributed by atoms with Crippen molar-refractivity contribution in [2.45, 2.75) is 17.2 Å². The standard InChI is InChI=1S/C12H16N2O2S3/c1-13-8-11-2-3-12(18-11)19(15,16)14-6-4-10-5-7-17-9-10/h2-3,5,7,9,13-14H,4,6,8H2,1H3. The summed E-state index contributed by atoms with van der Waals surface area (Å²) in [5, 5.41) is 7.03. The van der Waals surface area contributed by atoms with E-state index in [2.05, 4.69) is 10.0 Å². The molecular formula is C12H16N2O2S3. The molecule has 0 atom stereocenters. The van der Waals surface area contributed by atoms with E-state index in [-0.39, 0.29) is 0 Å². The van der Waals surface area contributed by atoms with E-state index in [4.69, 9.17) is 0 Å². The molecule has 0 aromatic carbocycles. The summed E-state index contributed by atoms with van der Waals surface area (Å²) in [5.74, 6) is 0. The lowest BCUT2D eigenvalue weighted by molar-refractivity contribution is 0.584. The maximum atomic E-state index is 12.1. The summed E-state index contributed by atoms with van der Waals surface area (Å²) in [4.78, 5) is 1.01. The lowest BCUT2D eigenvalue weighted by atomic mass is 10.2. The molecule has 0 aliphatic heterocycles. The van der Waals surface area contributed by atoms with E-state index in [1.165, 1.54) is 11.3 Å². The Morgan fingerprint density at radius 1 is 1.26 bits per heavy atom. The third-order valence-corrected chi connectivity index (χ3v) is 6.31. The lowest BCUT2D eigenvalue weighted by Crippen LogP contribution is -2.25. The van der Waals surface area contributed by atoms with Crippen molar-refractivity contribution in [1.29, 1.82) is 0 Å². The van der Waals surface area contributed by atoms with Crippen LogP contribution in [-0.4, -0.2) is 22.0 Å². The predicted octanol–water partition coefficient (Wildman–Crippen LogP) is 2.05. The molecule has 0 radical (unpaired) electrons. The fraction of sp³-hybridized carbons (Fsp3) is 0.333. The number of sulfonamides is 1. The van der Waals surface area contributed by atoms with Gasteiger partial charge in [-0.3, -0.25) is 0 Å². The Labute approximate surface area is 121 Å². The van der Waals surface area contributed by atoms with Gasteiger partial charge in [-0.05, 0) is 48.0 Å². The van der Waals surface area contributed by atoms with Crippen LogP contribution < -0.4 is 10.0 Å². The second kappa shape index (κ2) is 6.62. The fourth-order valence-corrected chi connectivity index (χ4v) is 4.75. The van der Waals surface area contributed by atoms with Gasteiger partial charge in [-0.15, -0.1) is 11.3 Å². The summed E-state index contributed by atoms with van der Waals surface area (Å²) in [6.45, 7) is 1.12. The van der Waals surface area contributed by atoms with E-state index >= 15 is 0 Å². The molecule has 0 aliphatic rings. The summed E-state index contributed by atoms with van der Waals surface area (Å²) in [6, 6.07) is 5.51. The maximum absolute atomic E-state index is 12.1. The first-order valence-electron chi connectivity index (χ1n) is 5.86. The number of nitrogens with one attached hydrogen (secondary N) is 2. The van der Waals surface area contributed by atoms with Gasteiger partial charge < -0.3 is 5.32 Å². The van der Waals surface area contributed by atoms with Crippen LogP contribution >= 0.6 is 22.7 Å². The Morgan fingerprint density at radius 2 is 2.11 bits per heavy atom. The summed E-state index contributed by atoms with van der Waals surface area (Å²) in [6.07, 6.45) is 0.720. The number of hydrogen-bond acceptors (Lipinski definition) is 5. The van der Waals surface area contributed by atoms with E-state index in [0.717, 1.165) is 16.9 Å². The van der Waals surface area contributed by atoms with Gasteiger partial charge in [0.15, 0.2) is 0 Å². The molecule has 104 valence electrons. The third-order valence-electron chi connectivity index (χ3n) is 2.54. The molecule has 19 heavy (non-hydrogen) atoms. The van der Waals surface area contributed by atoms with E-state index in [1.54, 1.807) is 17.4 Å². The van der Waals surface area contributed by atoms with Crippen LogP contribution in [0.2, 0.25) is 0 Å². The highest BCUT2D eigenvalue weighted by Crippen LogP contribution is 2.21. The SMILES string of the molecule is CNCc1ccc(S(=O)(=O)NCCc2ccsc2)s1. The van der Waals surface area contributed by atoms with Gasteiger partial charge in [-0.2, -0.15) is 11.3 Å². The molecule has 2 rings (SSSR count). The van der Waals surface area contributed by atoms with E-state index in [0.29, 0.717) is 17.3 Å². The zero-order valence-electron chi connectivity index (χ0n) is 10.5. The molecule has 0 unspecified atom stereocenters. The van der Waals surface area contributed by atoms with Crippen molar-refractivity contribution in [3.05, 3.63) is 39.4 Å². The molecule has 0 aliphatic carbocycles. The molecule has 0 amide bonds. The Hall–Kier alpha value is -0.730. The minimum absolute atomic E-state index is 0.378. The molecule has 0 fully saturated rings. The summed E-state index contributed by atoms with van der Waals surface area (Å²) in [5.41, 5.74) is 1.16. The van der Waals surface area contributed by atoms with Crippen LogP contribution in [0.15, 0.2) is 33.2 Å². The van der Waals surface area contributed by atoms with Crippen molar-refractivity contribution < 1.29 is 8.42 Å². The van der Waals surface area contributed by atoms with Gasteiger partial charge in [0.2, 0.25) is 10.0 Å². The van der Waals surface area contributed by atoms with E-state index in [9.17, 15) is 8.42 Å². The largest absolute Gasteiger partial charge is 0.315 e. The Morgan fingerprint density at radius 3 is 2.79 bits per heavy atom. The topological polar surface area (TPSA) is 58.2 Å². The summed E-state index contributed by atoms with van der Waals surface area (Å²) >= 11 is 2.92. The number of rotatable bonds is 7. The first-order valence-corrected chi connectivity index (χ1v) is 9.10. The Kier molecular flexibility index (Phi) is 5.12. The van der Waals surface area contributed by atoms with Crippen molar-refractivity contribution in [2.75, 3.05) is 13.6 Å². The molecule has 7 heteroatoms. The summed E-state index contributed by atoms with van der Waals surface area (Å²) in [7, 11) is -1.53. The van der Waals surface area contributed by atoms with Crippen molar-refractivity contribution in [1.82, 2.24) is 10.0 Å². The molecule has 2 heterocycles. The van der Waals surface area contributed by atoms with Gasteiger partial charge >= 0.3 is 0 Å². The Bertz CT molecular complexity index is 603. The zero-order valence-corrected chi connectivity index (χ0v) is 13.0. The smallest absolute Gasteiger partial charge is 0.250 e. The van der Waals surface area contributed by atoms with Gasteiger partial charge in [0, 0.05) is 18.0 Å². The molecule has 0 saturated carbocycles.